The zero-order chi connectivity index (χ0) is 18.2. The Labute approximate surface area is 178 Å². The highest BCUT2D eigenvalue weighted by Gasteiger charge is 2.20. The van der Waals surface area contributed by atoms with Crippen molar-refractivity contribution < 1.29 is 0 Å². The van der Waals surface area contributed by atoms with Crippen LogP contribution in [-0.2, 0) is 20.1 Å². The molecule has 2 aromatic rings. The minimum absolute atomic E-state index is 0. The molecule has 2 N–H and O–H groups in total. The molecule has 0 radical (unpaired) electrons. The van der Waals surface area contributed by atoms with E-state index in [0.29, 0.717) is 12.6 Å². The van der Waals surface area contributed by atoms with Crippen molar-refractivity contribution in [3.05, 3.63) is 48.0 Å². The summed E-state index contributed by atoms with van der Waals surface area (Å²) < 4.78 is 1.76. The first-order chi connectivity index (χ1) is 12.7. The van der Waals surface area contributed by atoms with Crippen molar-refractivity contribution in [2.45, 2.75) is 38.9 Å². The van der Waals surface area contributed by atoms with Gasteiger partial charge in [0.15, 0.2) is 5.96 Å². The van der Waals surface area contributed by atoms with Crippen LogP contribution in [0.5, 0.6) is 0 Å². The van der Waals surface area contributed by atoms with Crippen molar-refractivity contribution in [3.8, 4) is 0 Å². The van der Waals surface area contributed by atoms with Crippen LogP contribution in [0.4, 0.5) is 0 Å². The van der Waals surface area contributed by atoms with Crippen molar-refractivity contribution in [2.24, 2.45) is 12.0 Å². The Bertz CT molecular complexity index is 701. The van der Waals surface area contributed by atoms with Gasteiger partial charge < -0.3 is 10.6 Å². The number of benzene rings is 1. The number of guanidine groups is 1. The van der Waals surface area contributed by atoms with Crippen LogP contribution in [0.15, 0.2) is 41.7 Å². The number of nitrogens with zero attached hydrogens (tertiary/aromatic N) is 5. The number of hydrogen-bond acceptors (Lipinski definition) is 4. The molecule has 0 aliphatic carbocycles. The van der Waals surface area contributed by atoms with Crippen LogP contribution in [0, 0.1) is 0 Å². The molecule has 7 nitrogen and oxygen atoms in total. The maximum Gasteiger partial charge on any atom is 0.191 e. The molecule has 0 spiro atoms. The van der Waals surface area contributed by atoms with Gasteiger partial charge in [0.2, 0.25) is 0 Å². The predicted octanol–water partition coefficient (Wildman–Crippen LogP) is 2.15. The Balaban J connectivity index is 0.00000261. The Morgan fingerprint density at radius 1 is 1.30 bits per heavy atom. The van der Waals surface area contributed by atoms with Gasteiger partial charge in [0.1, 0.15) is 18.7 Å². The molecular formula is C19H30IN7. The van der Waals surface area contributed by atoms with Crippen molar-refractivity contribution in [1.29, 1.82) is 0 Å². The van der Waals surface area contributed by atoms with Crippen LogP contribution < -0.4 is 10.6 Å². The molecular weight excluding hydrogens is 453 g/mol. The Morgan fingerprint density at radius 3 is 2.81 bits per heavy atom. The van der Waals surface area contributed by atoms with Gasteiger partial charge in [-0.05, 0) is 31.9 Å². The third kappa shape index (κ3) is 6.76. The lowest BCUT2D eigenvalue weighted by molar-refractivity contribution is 0.192. The van der Waals surface area contributed by atoms with Crippen molar-refractivity contribution in [1.82, 2.24) is 30.3 Å². The Kier molecular flexibility index (Phi) is 8.99. The van der Waals surface area contributed by atoms with Crippen molar-refractivity contribution in [2.75, 3.05) is 19.6 Å². The zero-order valence-corrected chi connectivity index (χ0v) is 18.5. The van der Waals surface area contributed by atoms with Gasteiger partial charge in [0.25, 0.3) is 0 Å². The number of aryl methyl sites for hydroxylation is 1. The molecule has 1 fully saturated rings. The largest absolute Gasteiger partial charge is 0.357 e. The Hall–Kier alpha value is -1.68. The third-order valence-electron chi connectivity index (χ3n) is 4.62. The third-order valence-corrected chi connectivity index (χ3v) is 4.62. The molecule has 27 heavy (non-hydrogen) atoms. The average Bonchev–Trinajstić information content (AvgIpc) is 3.06. The zero-order valence-electron chi connectivity index (χ0n) is 16.1. The van der Waals surface area contributed by atoms with E-state index in [1.165, 1.54) is 18.4 Å². The summed E-state index contributed by atoms with van der Waals surface area (Å²) >= 11 is 0. The predicted molar refractivity (Wildman–Crippen MR) is 119 cm³/mol. The molecule has 148 valence electrons. The molecule has 1 aromatic heterocycles. The standard InChI is InChI=1S/C19H29N7.HI/c1-3-20-19(21-12-18-22-15-23-25(18)2)24-17-10-7-11-26(14-17)13-16-8-5-4-6-9-16;/h4-6,8-9,15,17H,3,7,10-14H2,1-2H3,(H2,20,21,24);1H. The number of rotatable bonds is 6. The summed E-state index contributed by atoms with van der Waals surface area (Å²) in [5, 5.41) is 11.0. The van der Waals surface area contributed by atoms with E-state index in [9.17, 15) is 0 Å². The first kappa shape index (κ1) is 21.6. The second kappa shape index (κ2) is 11.2. The highest BCUT2D eigenvalue weighted by atomic mass is 127. The van der Waals surface area contributed by atoms with Gasteiger partial charge in [-0.15, -0.1) is 24.0 Å². The Morgan fingerprint density at radius 2 is 2.11 bits per heavy atom. The number of nitrogens with one attached hydrogen (secondary N) is 2. The number of likely N-dealkylation sites (tertiary alicyclic amines) is 1. The fourth-order valence-electron chi connectivity index (χ4n) is 3.28. The number of hydrogen-bond donors (Lipinski definition) is 2. The fraction of sp³-hybridized carbons (Fsp3) is 0.526. The number of aromatic nitrogens is 3. The number of piperidine rings is 1. The van der Waals surface area contributed by atoms with Crippen LogP contribution in [0.1, 0.15) is 31.2 Å². The molecule has 0 bridgehead atoms. The lowest BCUT2D eigenvalue weighted by Gasteiger charge is -2.34. The highest BCUT2D eigenvalue weighted by molar-refractivity contribution is 14.0. The molecule has 0 saturated carbocycles. The summed E-state index contributed by atoms with van der Waals surface area (Å²) in [6.07, 6.45) is 3.93. The summed E-state index contributed by atoms with van der Waals surface area (Å²) in [5.74, 6) is 1.71. The van der Waals surface area contributed by atoms with E-state index in [-0.39, 0.29) is 24.0 Å². The van der Waals surface area contributed by atoms with Gasteiger partial charge in [0, 0.05) is 32.7 Å². The van der Waals surface area contributed by atoms with Gasteiger partial charge in [-0.1, -0.05) is 30.3 Å². The maximum atomic E-state index is 4.67. The average molecular weight is 483 g/mol. The second-order valence-electron chi connectivity index (χ2n) is 6.70. The van der Waals surface area contributed by atoms with E-state index in [4.69, 9.17) is 0 Å². The lowest BCUT2D eigenvalue weighted by atomic mass is 10.0. The topological polar surface area (TPSA) is 70.4 Å². The normalized spacial score (nSPS) is 18.0. The van der Waals surface area contributed by atoms with Crippen LogP contribution >= 0.6 is 24.0 Å². The van der Waals surface area contributed by atoms with E-state index in [1.807, 2.05) is 7.05 Å². The van der Waals surface area contributed by atoms with Crippen LogP contribution in [-0.4, -0.2) is 51.3 Å². The van der Waals surface area contributed by atoms with E-state index >= 15 is 0 Å². The minimum atomic E-state index is 0. The monoisotopic (exact) mass is 483 g/mol. The van der Waals surface area contributed by atoms with Gasteiger partial charge in [-0.3, -0.25) is 9.58 Å². The minimum Gasteiger partial charge on any atom is -0.357 e. The summed E-state index contributed by atoms with van der Waals surface area (Å²) in [6.45, 7) is 6.63. The summed E-state index contributed by atoms with van der Waals surface area (Å²) in [6, 6.07) is 11.1. The van der Waals surface area contributed by atoms with Crippen LogP contribution in [0.3, 0.4) is 0 Å². The maximum absolute atomic E-state index is 4.67. The molecule has 1 saturated heterocycles. The molecule has 0 amide bonds. The van der Waals surface area contributed by atoms with Gasteiger partial charge in [0.05, 0.1) is 0 Å². The van der Waals surface area contributed by atoms with E-state index in [2.05, 4.69) is 67.9 Å². The number of halogens is 1. The molecule has 2 heterocycles. The highest BCUT2D eigenvalue weighted by Crippen LogP contribution is 2.13. The second-order valence-corrected chi connectivity index (χ2v) is 6.70. The summed E-state index contributed by atoms with van der Waals surface area (Å²) in [7, 11) is 1.89. The van der Waals surface area contributed by atoms with Crippen molar-refractivity contribution >= 4 is 29.9 Å². The molecule has 1 atom stereocenters. The summed E-state index contributed by atoms with van der Waals surface area (Å²) in [4.78, 5) is 11.4. The molecule has 3 rings (SSSR count). The molecule has 1 unspecified atom stereocenters. The first-order valence-electron chi connectivity index (χ1n) is 9.38. The smallest absolute Gasteiger partial charge is 0.191 e. The molecule has 1 aliphatic heterocycles. The van der Waals surface area contributed by atoms with Gasteiger partial charge in [-0.25, -0.2) is 9.98 Å². The van der Waals surface area contributed by atoms with E-state index in [1.54, 1.807) is 11.0 Å². The molecule has 1 aromatic carbocycles. The molecule has 8 heteroatoms. The van der Waals surface area contributed by atoms with Gasteiger partial charge in [-0.2, -0.15) is 5.10 Å². The van der Waals surface area contributed by atoms with Crippen LogP contribution in [0.2, 0.25) is 0 Å². The lowest BCUT2D eigenvalue weighted by Crippen LogP contribution is -2.51. The fourth-order valence-corrected chi connectivity index (χ4v) is 3.28. The van der Waals surface area contributed by atoms with E-state index in [0.717, 1.165) is 38.0 Å². The first-order valence-corrected chi connectivity index (χ1v) is 9.38. The van der Waals surface area contributed by atoms with E-state index < -0.39 is 0 Å². The molecule has 1 aliphatic rings. The summed E-state index contributed by atoms with van der Waals surface area (Å²) in [5.41, 5.74) is 1.37. The van der Waals surface area contributed by atoms with Crippen LogP contribution in [0.25, 0.3) is 0 Å². The van der Waals surface area contributed by atoms with Crippen molar-refractivity contribution in [3.63, 3.8) is 0 Å². The SMILES string of the molecule is CCNC(=NCc1ncnn1C)NC1CCCN(Cc2ccccc2)C1.I. The van der Waals surface area contributed by atoms with Gasteiger partial charge >= 0.3 is 0 Å². The quantitative estimate of drug-likeness (QED) is 0.375. The number of aliphatic imine (C=N–C) groups is 1.